The molecule has 0 saturated heterocycles. The largest absolute Gasteiger partial charge is 0.384 e. The van der Waals surface area contributed by atoms with Gasteiger partial charge in [0, 0.05) is 6.54 Å². The number of likely N-dealkylation sites (N-methyl/N-ethyl adjacent to an activating group) is 1. The standard InChI is InChI=1S/C17H27NO/c1-16(2,3)13-6-8-14(9-7-13)17(19,12-18(4)5)15-10-11-15/h6-9,15,19H,10-12H2,1-5H3. The summed E-state index contributed by atoms with van der Waals surface area (Å²) in [4.78, 5) is 2.08. The summed E-state index contributed by atoms with van der Waals surface area (Å²) in [6, 6.07) is 8.56. The van der Waals surface area contributed by atoms with E-state index in [-0.39, 0.29) is 5.41 Å². The van der Waals surface area contributed by atoms with Crippen LogP contribution >= 0.6 is 0 Å². The first-order valence-electron chi connectivity index (χ1n) is 7.21. The molecular weight excluding hydrogens is 234 g/mol. The van der Waals surface area contributed by atoms with Crippen molar-refractivity contribution in [3.63, 3.8) is 0 Å². The van der Waals surface area contributed by atoms with Gasteiger partial charge in [-0.3, -0.25) is 0 Å². The van der Waals surface area contributed by atoms with Gasteiger partial charge in [0.25, 0.3) is 0 Å². The van der Waals surface area contributed by atoms with Gasteiger partial charge in [0.15, 0.2) is 0 Å². The molecule has 1 aromatic rings. The highest BCUT2D eigenvalue weighted by molar-refractivity contribution is 5.32. The summed E-state index contributed by atoms with van der Waals surface area (Å²) >= 11 is 0. The smallest absolute Gasteiger partial charge is 0.105 e. The molecule has 1 unspecified atom stereocenters. The Hall–Kier alpha value is -0.860. The van der Waals surface area contributed by atoms with E-state index in [1.54, 1.807) is 0 Å². The minimum absolute atomic E-state index is 0.164. The molecular formula is C17H27NO. The third-order valence-electron chi connectivity index (χ3n) is 4.06. The van der Waals surface area contributed by atoms with E-state index in [0.717, 1.165) is 18.4 Å². The first-order valence-corrected chi connectivity index (χ1v) is 7.21. The van der Waals surface area contributed by atoms with Crippen LogP contribution in [-0.4, -0.2) is 30.6 Å². The van der Waals surface area contributed by atoms with Crippen LogP contribution in [0.25, 0.3) is 0 Å². The lowest BCUT2D eigenvalue weighted by atomic mass is 9.83. The fraction of sp³-hybridized carbons (Fsp3) is 0.647. The average Bonchev–Trinajstić information content (AvgIpc) is 3.11. The van der Waals surface area contributed by atoms with E-state index in [0.29, 0.717) is 12.5 Å². The Labute approximate surface area is 117 Å². The minimum Gasteiger partial charge on any atom is -0.384 e. The van der Waals surface area contributed by atoms with Crippen molar-refractivity contribution in [3.8, 4) is 0 Å². The second-order valence-electron chi connectivity index (χ2n) is 7.26. The molecule has 1 saturated carbocycles. The Bertz CT molecular complexity index is 426. The summed E-state index contributed by atoms with van der Waals surface area (Å²) in [5.74, 6) is 0.426. The van der Waals surface area contributed by atoms with Crippen LogP contribution in [0.1, 0.15) is 44.7 Å². The van der Waals surface area contributed by atoms with Crippen molar-refractivity contribution in [1.82, 2.24) is 4.90 Å². The number of hydrogen-bond acceptors (Lipinski definition) is 2. The van der Waals surface area contributed by atoms with E-state index in [2.05, 4.69) is 49.9 Å². The number of rotatable bonds is 4. The Morgan fingerprint density at radius 2 is 1.53 bits per heavy atom. The summed E-state index contributed by atoms with van der Waals surface area (Å²) < 4.78 is 0. The van der Waals surface area contributed by atoms with Crippen molar-refractivity contribution >= 4 is 0 Å². The molecule has 2 nitrogen and oxygen atoms in total. The highest BCUT2D eigenvalue weighted by Gasteiger charge is 2.45. The molecule has 106 valence electrons. The zero-order chi connectivity index (χ0) is 14.3. The fourth-order valence-electron chi connectivity index (χ4n) is 2.76. The molecule has 0 aromatic heterocycles. The van der Waals surface area contributed by atoms with Crippen LogP contribution in [0.15, 0.2) is 24.3 Å². The second-order valence-corrected chi connectivity index (χ2v) is 7.26. The maximum atomic E-state index is 11.0. The predicted octanol–water partition coefficient (Wildman–Crippen LogP) is 3.14. The molecule has 1 aromatic carbocycles. The molecule has 0 radical (unpaired) electrons. The molecule has 0 bridgehead atoms. The summed E-state index contributed by atoms with van der Waals surface area (Å²) in [6.45, 7) is 7.35. The van der Waals surface area contributed by atoms with E-state index < -0.39 is 5.60 Å². The van der Waals surface area contributed by atoms with Gasteiger partial charge in [-0.2, -0.15) is 0 Å². The minimum atomic E-state index is -0.681. The van der Waals surface area contributed by atoms with E-state index >= 15 is 0 Å². The van der Waals surface area contributed by atoms with Gasteiger partial charge in [-0.05, 0) is 49.4 Å². The predicted molar refractivity (Wildman–Crippen MR) is 80.3 cm³/mol. The molecule has 19 heavy (non-hydrogen) atoms. The van der Waals surface area contributed by atoms with Crippen LogP contribution in [0.3, 0.4) is 0 Å². The maximum Gasteiger partial charge on any atom is 0.105 e. The van der Waals surface area contributed by atoms with Crippen LogP contribution < -0.4 is 0 Å². The van der Waals surface area contributed by atoms with Gasteiger partial charge >= 0.3 is 0 Å². The maximum absolute atomic E-state index is 11.0. The van der Waals surface area contributed by atoms with Crippen molar-refractivity contribution in [2.75, 3.05) is 20.6 Å². The summed E-state index contributed by atoms with van der Waals surface area (Å²) in [7, 11) is 4.05. The fourth-order valence-corrected chi connectivity index (χ4v) is 2.76. The van der Waals surface area contributed by atoms with Gasteiger partial charge in [0.05, 0.1) is 0 Å². The van der Waals surface area contributed by atoms with Gasteiger partial charge in [0.2, 0.25) is 0 Å². The molecule has 0 aliphatic heterocycles. The quantitative estimate of drug-likeness (QED) is 0.900. The molecule has 1 N–H and O–H groups in total. The molecule has 2 rings (SSSR count). The molecule has 0 heterocycles. The van der Waals surface area contributed by atoms with E-state index in [9.17, 15) is 5.11 Å². The first-order chi connectivity index (χ1) is 8.73. The molecule has 1 aliphatic carbocycles. The van der Waals surface area contributed by atoms with Crippen LogP contribution in [0.4, 0.5) is 0 Å². The van der Waals surface area contributed by atoms with Crippen molar-refractivity contribution in [1.29, 1.82) is 0 Å². The van der Waals surface area contributed by atoms with Crippen LogP contribution in [-0.2, 0) is 11.0 Å². The summed E-state index contributed by atoms with van der Waals surface area (Å²) in [5.41, 5.74) is 1.87. The molecule has 2 heteroatoms. The SMILES string of the molecule is CN(C)CC(O)(c1ccc(C(C)(C)C)cc1)C1CC1. The van der Waals surface area contributed by atoms with Crippen molar-refractivity contribution in [3.05, 3.63) is 35.4 Å². The van der Waals surface area contributed by atoms with Crippen molar-refractivity contribution in [2.24, 2.45) is 5.92 Å². The summed E-state index contributed by atoms with van der Waals surface area (Å²) in [6.07, 6.45) is 2.29. The van der Waals surface area contributed by atoms with Gasteiger partial charge in [-0.15, -0.1) is 0 Å². The number of aliphatic hydroxyl groups is 1. The lowest BCUT2D eigenvalue weighted by Gasteiger charge is -2.32. The lowest BCUT2D eigenvalue weighted by Crippen LogP contribution is -2.39. The highest BCUT2D eigenvalue weighted by Crippen LogP contribution is 2.46. The van der Waals surface area contributed by atoms with Gasteiger partial charge < -0.3 is 10.0 Å². The molecule has 1 fully saturated rings. The van der Waals surface area contributed by atoms with E-state index in [4.69, 9.17) is 0 Å². The monoisotopic (exact) mass is 261 g/mol. The van der Waals surface area contributed by atoms with Gasteiger partial charge in [-0.25, -0.2) is 0 Å². The zero-order valence-electron chi connectivity index (χ0n) is 12.9. The normalized spacial score (nSPS) is 19.5. The molecule has 1 atom stereocenters. The Balaban J connectivity index is 2.28. The summed E-state index contributed by atoms with van der Waals surface area (Å²) in [5, 5.41) is 11.0. The Morgan fingerprint density at radius 3 is 1.89 bits per heavy atom. The van der Waals surface area contributed by atoms with Gasteiger partial charge in [0.1, 0.15) is 5.60 Å². The van der Waals surface area contributed by atoms with Crippen LogP contribution in [0, 0.1) is 5.92 Å². The first kappa shape index (κ1) is 14.5. The number of benzene rings is 1. The second kappa shape index (κ2) is 4.92. The third kappa shape index (κ3) is 3.18. The topological polar surface area (TPSA) is 23.5 Å². The Morgan fingerprint density at radius 1 is 1.05 bits per heavy atom. The Kier molecular flexibility index (Phi) is 3.76. The third-order valence-corrected chi connectivity index (χ3v) is 4.06. The van der Waals surface area contributed by atoms with Crippen molar-refractivity contribution < 1.29 is 5.11 Å². The van der Waals surface area contributed by atoms with Crippen LogP contribution in [0.2, 0.25) is 0 Å². The zero-order valence-corrected chi connectivity index (χ0v) is 12.9. The number of nitrogens with zero attached hydrogens (tertiary/aromatic N) is 1. The molecule has 0 amide bonds. The average molecular weight is 261 g/mol. The lowest BCUT2D eigenvalue weighted by molar-refractivity contribution is -0.00998. The van der Waals surface area contributed by atoms with E-state index in [1.807, 2.05) is 14.1 Å². The number of hydrogen-bond donors (Lipinski definition) is 1. The highest BCUT2D eigenvalue weighted by atomic mass is 16.3. The van der Waals surface area contributed by atoms with Gasteiger partial charge in [-0.1, -0.05) is 45.0 Å². The molecule has 1 aliphatic rings. The van der Waals surface area contributed by atoms with Crippen LogP contribution in [0.5, 0.6) is 0 Å². The molecule has 0 spiro atoms. The van der Waals surface area contributed by atoms with Crippen molar-refractivity contribution in [2.45, 2.75) is 44.6 Å². The van der Waals surface area contributed by atoms with E-state index in [1.165, 1.54) is 5.56 Å².